The molecule has 8 heteroatoms. The molecule has 1 aromatic carbocycles. The number of sulfonamides is 1. The van der Waals surface area contributed by atoms with E-state index in [0.29, 0.717) is 5.02 Å². The average molecular weight is 368 g/mol. The number of hydrogen-bond acceptors (Lipinski definition) is 4. The van der Waals surface area contributed by atoms with Crippen molar-refractivity contribution >= 4 is 33.0 Å². The fourth-order valence-corrected chi connectivity index (χ4v) is 4.46. The van der Waals surface area contributed by atoms with Crippen LogP contribution in [0.15, 0.2) is 52.2 Å². The zero-order valence-electron chi connectivity index (χ0n) is 12.2. The summed E-state index contributed by atoms with van der Waals surface area (Å²) in [7, 11) is -1.73. The van der Waals surface area contributed by atoms with Crippen LogP contribution in [-0.4, -0.2) is 18.2 Å². The number of aromatic nitrogens is 2. The maximum atomic E-state index is 12.4. The van der Waals surface area contributed by atoms with Crippen LogP contribution in [0.3, 0.4) is 0 Å². The smallest absolute Gasteiger partial charge is 0.250 e. The molecule has 0 amide bonds. The van der Waals surface area contributed by atoms with E-state index in [1.807, 2.05) is 18.5 Å². The lowest BCUT2D eigenvalue weighted by Gasteiger charge is -2.05. The summed E-state index contributed by atoms with van der Waals surface area (Å²) in [5.41, 5.74) is 2.56. The molecule has 5 nitrogen and oxygen atoms in total. The first-order valence-electron chi connectivity index (χ1n) is 6.77. The molecule has 0 unspecified atom stereocenters. The molecule has 0 aliphatic carbocycles. The fourth-order valence-electron chi connectivity index (χ4n) is 2.10. The van der Waals surface area contributed by atoms with Crippen molar-refractivity contribution in [2.45, 2.75) is 10.8 Å². The molecule has 2 heterocycles. The van der Waals surface area contributed by atoms with Crippen LogP contribution in [0.25, 0.3) is 11.3 Å². The fraction of sp³-hybridized carbons (Fsp3) is 0.133. The number of nitrogens with one attached hydrogen (secondary N) is 1. The van der Waals surface area contributed by atoms with Gasteiger partial charge in [-0.05, 0) is 29.8 Å². The molecule has 0 aliphatic rings. The molecule has 0 spiro atoms. The quantitative estimate of drug-likeness (QED) is 0.752. The van der Waals surface area contributed by atoms with Crippen LogP contribution in [0.5, 0.6) is 0 Å². The summed E-state index contributed by atoms with van der Waals surface area (Å²) < 4.78 is 29.4. The van der Waals surface area contributed by atoms with E-state index in [1.165, 1.54) is 11.3 Å². The summed E-state index contributed by atoms with van der Waals surface area (Å²) in [4.78, 5) is 0. The van der Waals surface area contributed by atoms with E-state index >= 15 is 0 Å². The Balaban J connectivity index is 1.76. The minimum Gasteiger partial charge on any atom is -0.268 e. The predicted octanol–water partition coefficient (Wildman–Crippen LogP) is 3.28. The van der Waals surface area contributed by atoms with Crippen LogP contribution in [0.4, 0.5) is 0 Å². The molecule has 2 aromatic heterocycles. The number of halogens is 1. The largest absolute Gasteiger partial charge is 0.268 e. The molecule has 0 radical (unpaired) electrons. The van der Waals surface area contributed by atoms with Crippen LogP contribution in [-0.2, 0) is 23.6 Å². The molecule has 3 rings (SSSR count). The predicted molar refractivity (Wildman–Crippen MR) is 92.0 cm³/mol. The number of benzene rings is 1. The van der Waals surface area contributed by atoms with Crippen LogP contribution < -0.4 is 4.72 Å². The van der Waals surface area contributed by atoms with E-state index in [4.69, 9.17) is 11.6 Å². The van der Waals surface area contributed by atoms with Gasteiger partial charge >= 0.3 is 0 Å². The number of hydrogen-bond donors (Lipinski definition) is 1. The van der Waals surface area contributed by atoms with Gasteiger partial charge in [0.1, 0.15) is 4.21 Å². The van der Waals surface area contributed by atoms with E-state index < -0.39 is 10.0 Å². The van der Waals surface area contributed by atoms with Gasteiger partial charge in [0.25, 0.3) is 0 Å². The highest BCUT2D eigenvalue weighted by Crippen LogP contribution is 2.28. The molecule has 0 aliphatic heterocycles. The van der Waals surface area contributed by atoms with Gasteiger partial charge in [-0.25, -0.2) is 13.1 Å². The molecule has 0 fully saturated rings. The number of thiophene rings is 1. The third-order valence-electron chi connectivity index (χ3n) is 3.34. The number of rotatable bonds is 5. The second-order valence-corrected chi connectivity index (χ2v) is 8.29. The van der Waals surface area contributed by atoms with Gasteiger partial charge in [0.05, 0.1) is 5.69 Å². The van der Waals surface area contributed by atoms with Crippen molar-refractivity contribution in [2.75, 3.05) is 0 Å². The monoisotopic (exact) mass is 367 g/mol. The Kier molecular flexibility index (Phi) is 4.54. The molecule has 0 saturated carbocycles. The van der Waals surface area contributed by atoms with Gasteiger partial charge in [0.15, 0.2) is 0 Å². The van der Waals surface area contributed by atoms with Crippen molar-refractivity contribution in [3.05, 3.63) is 58.6 Å². The second kappa shape index (κ2) is 6.45. The van der Waals surface area contributed by atoms with Crippen molar-refractivity contribution in [1.82, 2.24) is 14.5 Å². The van der Waals surface area contributed by atoms with Gasteiger partial charge < -0.3 is 0 Å². The summed E-state index contributed by atoms with van der Waals surface area (Å²) in [6.45, 7) is 0.221. The van der Waals surface area contributed by atoms with Gasteiger partial charge in [-0.3, -0.25) is 4.68 Å². The Labute approximate surface area is 143 Å². The molecule has 1 N–H and O–H groups in total. The molecule has 120 valence electrons. The number of aryl methyl sites for hydroxylation is 1. The van der Waals surface area contributed by atoms with E-state index in [2.05, 4.69) is 9.82 Å². The maximum absolute atomic E-state index is 12.4. The van der Waals surface area contributed by atoms with Crippen molar-refractivity contribution in [3.8, 4) is 11.3 Å². The molecule has 0 bridgehead atoms. The standard InChI is InChI=1S/C15H14ClN3O2S2/c1-19-14(6-7-17-19)12-8-15(22-10-12)23(20,21)18-9-11-2-4-13(16)5-3-11/h2-8,10,18H,9H2,1H3. The lowest BCUT2D eigenvalue weighted by molar-refractivity contribution is 0.583. The summed E-state index contributed by atoms with van der Waals surface area (Å²) in [6, 6.07) is 10.6. The second-order valence-electron chi connectivity index (χ2n) is 4.95. The maximum Gasteiger partial charge on any atom is 0.250 e. The highest BCUT2D eigenvalue weighted by Gasteiger charge is 2.17. The lowest BCUT2D eigenvalue weighted by Crippen LogP contribution is -2.22. The normalized spacial score (nSPS) is 11.7. The molecular weight excluding hydrogens is 354 g/mol. The Morgan fingerprint density at radius 1 is 1.26 bits per heavy atom. The van der Waals surface area contributed by atoms with Crippen LogP contribution in [0, 0.1) is 0 Å². The van der Waals surface area contributed by atoms with Crippen LogP contribution in [0.1, 0.15) is 5.56 Å². The molecule has 0 atom stereocenters. The average Bonchev–Trinajstić information content (AvgIpc) is 3.15. The van der Waals surface area contributed by atoms with Crippen LogP contribution >= 0.6 is 22.9 Å². The third kappa shape index (κ3) is 3.64. The first-order chi connectivity index (χ1) is 11.0. The van der Waals surface area contributed by atoms with Crippen molar-refractivity contribution < 1.29 is 8.42 Å². The zero-order chi connectivity index (χ0) is 16.4. The van der Waals surface area contributed by atoms with Crippen molar-refractivity contribution in [3.63, 3.8) is 0 Å². The highest BCUT2D eigenvalue weighted by molar-refractivity contribution is 7.91. The first kappa shape index (κ1) is 16.2. The Bertz CT molecular complexity index is 914. The highest BCUT2D eigenvalue weighted by atomic mass is 35.5. The Morgan fingerprint density at radius 2 is 2.00 bits per heavy atom. The van der Waals surface area contributed by atoms with Gasteiger partial charge in [-0.15, -0.1) is 11.3 Å². The minimum absolute atomic E-state index is 0.221. The zero-order valence-corrected chi connectivity index (χ0v) is 14.6. The number of nitrogens with zero attached hydrogens (tertiary/aromatic N) is 2. The Morgan fingerprint density at radius 3 is 2.65 bits per heavy atom. The van der Waals surface area contributed by atoms with Gasteiger partial charge in [-0.1, -0.05) is 23.7 Å². The summed E-state index contributed by atoms with van der Waals surface area (Å²) in [5.74, 6) is 0. The minimum atomic E-state index is -3.55. The van der Waals surface area contributed by atoms with Crippen LogP contribution in [0.2, 0.25) is 5.02 Å². The van der Waals surface area contributed by atoms with Gasteiger partial charge in [-0.2, -0.15) is 5.10 Å². The molecule has 23 heavy (non-hydrogen) atoms. The first-order valence-corrected chi connectivity index (χ1v) is 9.51. The lowest BCUT2D eigenvalue weighted by atomic mass is 10.2. The summed E-state index contributed by atoms with van der Waals surface area (Å²) >= 11 is 7.01. The molecular formula is C15H14ClN3O2S2. The third-order valence-corrected chi connectivity index (χ3v) is 6.43. The molecule has 3 aromatic rings. The van der Waals surface area contributed by atoms with E-state index in [0.717, 1.165) is 16.8 Å². The van der Waals surface area contributed by atoms with Crippen molar-refractivity contribution in [2.24, 2.45) is 7.05 Å². The van der Waals surface area contributed by atoms with Crippen molar-refractivity contribution in [1.29, 1.82) is 0 Å². The van der Waals surface area contributed by atoms with Gasteiger partial charge in [0.2, 0.25) is 10.0 Å². The SMILES string of the molecule is Cn1nccc1-c1csc(S(=O)(=O)NCc2ccc(Cl)cc2)c1. The topological polar surface area (TPSA) is 64.0 Å². The van der Waals surface area contributed by atoms with E-state index in [-0.39, 0.29) is 10.8 Å². The van der Waals surface area contributed by atoms with Gasteiger partial charge in [0, 0.05) is 35.8 Å². The van der Waals surface area contributed by atoms with E-state index in [9.17, 15) is 8.42 Å². The molecule has 0 saturated heterocycles. The summed E-state index contributed by atoms with van der Waals surface area (Å²) in [6.07, 6.45) is 1.68. The van der Waals surface area contributed by atoms with E-state index in [1.54, 1.807) is 41.2 Å². The summed E-state index contributed by atoms with van der Waals surface area (Å²) in [5, 5.41) is 6.53. The Hall–Kier alpha value is -1.67.